The average Bonchev–Trinajstić information content (AvgIpc) is 2.52. The van der Waals surface area contributed by atoms with Gasteiger partial charge in [-0.05, 0) is 37.0 Å². The van der Waals surface area contributed by atoms with Gasteiger partial charge in [0.05, 0.1) is 12.2 Å². The van der Waals surface area contributed by atoms with Gasteiger partial charge in [-0.1, -0.05) is 0 Å². The number of hydrogen-bond acceptors (Lipinski definition) is 3. The SMILES string of the molecule is CN1CCCc2c1ccc1c2C(=O)CCCO1. The molecule has 17 heavy (non-hydrogen) atoms. The van der Waals surface area contributed by atoms with Crippen LogP contribution >= 0.6 is 0 Å². The first-order valence-corrected chi connectivity index (χ1v) is 6.30. The van der Waals surface area contributed by atoms with Gasteiger partial charge in [-0.3, -0.25) is 4.79 Å². The Morgan fingerprint density at radius 1 is 1.24 bits per heavy atom. The number of nitrogens with zero attached hydrogens (tertiary/aromatic N) is 1. The van der Waals surface area contributed by atoms with Crippen LogP contribution in [0.25, 0.3) is 0 Å². The van der Waals surface area contributed by atoms with Crippen LogP contribution in [0.4, 0.5) is 5.69 Å². The highest BCUT2D eigenvalue weighted by Crippen LogP contribution is 2.36. The highest BCUT2D eigenvalue weighted by molar-refractivity contribution is 6.02. The summed E-state index contributed by atoms with van der Waals surface area (Å²) in [4.78, 5) is 14.4. The lowest BCUT2D eigenvalue weighted by Gasteiger charge is -2.29. The summed E-state index contributed by atoms with van der Waals surface area (Å²) in [5.74, 6) is 1.05. The molecule has 0 saturated heterocycles. The van der Waals surface area contributed by atoms with Crippen LogP contribution < -0.4 is 9.64 Å². The number of Topliss-reactive ketones (excluding diaryl/α,β-unsaturated/α-hetero) is 1. The van der Waals surface area contributed by atoms with Gasteiger partial charge in [0.2, 0.25) is 0 Å². The third kappa shape index (κ3) is 1.70. The lowest BCUT2D eigenvalue weighted by Crippen LogP contribution is -2.26. The smallest absolute Gasteiger partial charge is 0.167 e. The molecule has 3 rings (SSSR count). The number of carbonyl (C=O) groups excluding carboxylic acids is 1. The molecule has 2 heterocycles. The molecular formula is C14H17NO2. The van der Waals surface area contributed by atoms with Crippen molar-refractivity contribution in [1.29, 1.82) is 0 Å². The van der Waals surface area contributed by atoms with Crippen molar-refractivity contribution in [3.05, 3.63) is 23.3 Å². The molecule has 1 aromatic carbocycles. The number of hydrogen-bond donors (Lipinski definition) is 0. The average molecular weight is 231 g/mol. The van der Waals surface area contributed by atoms with Crippen molar-refractivity contribution >= 4 is 11.5 Å². The van der Waals surface area contributed by atoms with E-state index in [1.54, 1.807) is 0 Å². The van der Waals surface area contributed by atoms with E-state index in [-0.39, 0.29) is 5.78 Å². The van der Waals surface area contributed by atoms with Crippen molar-refractivity contribution in [3.63, 3.8) is 0 Å². The fourth-order valence-corrected chi connectivity index (χ4v) is 2.81. The van der Waals surface area contributed by atoms with Crippen LogP contribution in [-0.4, -0.2) is 26.0 Å². The zero-order valence-electron chi connectivity index (χ0n) is 10.2. The van der Waals surface area contributed by atoms with Gasteiger partial charge >= 0.3 is 0 Å². The highest BCUT2D eigenvalue weighted by atomic mass is 16.5. The zero-order valence-corrected chi connectivity index (χ0v) is 10.2. The molecule has 0 spiro atoms. The minimum atomic E-state index is 0.254. The first kappa shape index (κ1) is 10.6. The Labute approximate surface area is 101 Å². The van der Waals surface area contributed by atoms with Gasteiger partial charge in [0.25, 0.3) is 0 Å². The van der Waals surface area contributed by atoms with Crippen molar-refractivity contribution in [2.45, 2.75) is 25.7 Å². The summed E-state index contributed by atoms with van der Waals surface area (Å²) in [6.45, 7) is 1.73. The molecular weight excluding hydrogens is 214 g/mol. The van der Waals surface area contributed by atoms with E-state index < -0.39 is 0 Å². The van der Waals surface area contributed by atoms with Crippen LogP contribution in [0, 0.1) is 0 Å². The molecule has 0 atom stereocenters. The van der Waals surface area contributed by atoms with Gasteiger partial charge in [0.15, 0.2) is 5.78 Å². The number of ketones is 1. The third-order valence-corrected chi connectivity index (χ3v) is 3.67. The summed E-state index contributed by atoms with van der Waals surface area (Å²) in [7, 11) is 2.09. The minimum Gasteiger partial charge on any atom is -0.493 e. The maximum atomic E-state index is 12.2. The summed E-state index contributed by atoms with van der Waals surface area (Å²) in [6, 6.07) is 4.05. The number of ether oxygens (including phenoxy) is 1. The van der Waals surface area contributed by atoms with Gasteiger partial charge in [-0.15, -0.1) is 0 Å². The van der Waals surface area contributed by atoms with Crippen LogP contribution in [0.2, 0.25) is 0 Å². The maximum absolute atomic E-state index is 12.2. The zero-order chi connectivity index (χ0) is 11.8. The summed E-state index contributed by atoms with van der Waals surface area (Å²) < 4.78 is 5.68. The van der Waals surface area contributed by atoms with E-state index in [2.05, 4.69) is 18.0 Å². The van der Waals surface area contributed by atoms with E-state index in [0.29, 0.717) is 13.0 Å². The van der Waals surface area contributed by atoms with E-state index >= 15 is 0 Å². The molecule has 0 amide bonds. The van der Waals surface area contributed by atoms with Crippen LogP contribution in [0.5, 0.6) is 5.75 Å². The number of carbonyl (C=O) groups is 1. The van der Waals surface area contributed by atoms with Crippen LogP contribution in [0.3, 0.4) is 0 Å². The normalized spacial score (nSPS) is 19.1. The number of benzene rings is 1. The molecule has 0 unspecified atom stereocenters. The molecule has 0 fully saturated rings. The summed E-state index contributed by atoms with van der Waals surface area (Å²) in [5, 5.41) is 0. The fraction of sp³-hybridized carbons (Fsp3) is 0.500. The second-order valence-corrected chi connectivity index (χ2v) is 4.84. The largest absolute Gasteiger partial charge is 0.493 e. The monoisotopic (exact) mass is 231 g/mol. The van der Waals surface area contributed by atoms with Gasteiger partial charge in [-0.25, -0.2) is 0 Å². The van der Waals surface area contributed by atoms with E-state index in [9.17, 15) is 4.79 Å². The van der Waals surface area contributed by atoms with Crippen molar-refractivity contribution in [1.82, 2.24) is 0 Å². The van der Waals surface area contributed by atoms with Crippen molar-refractivity contribution in [2.75, 3.05) is 25.1 Å². The van der Waals surface area contributed by atoms with Crippen LogP contribution in [0.1, 0.15) is 35.2 Å². The predicted octanol–water partition coefficient (Wildman–Crippen LogP) is 2.42. The molecule has 0 radical (unpaired) electrons. The minimum absolute atomic E-state index is 0.254. The molecule has 2 aliphatic heterocycles. The molecule has 0 N–H and O–H groups in total. The third-order valence-electron chi connectivity index (χ3n) is 3.67. The number of rotatable bonds is 0. The second kappa shape index (κ2) is 4.06. The fourth-order valence-electron chi connectivity index (χ4n) is 2.81. The Morgan fingerprint density at radius 2 is 2.12 bits per heavy atom. The molecule has 90 valence electrons. The first-order valence-electron chi connectivity index (χ1n) is 6.30. The standard InChI is InChI=1S/C14H17NO2/c1-15-8-2-4-10-11(15)6-7-13-14(10)12(16)5-3-9-17-13/h6-7H,2-5,8-9H2,1H3. The van der Waals surface area contributed by atoms with Gasteiger partial charge in [0.1, 0.15) is 5.75 Å². The first-order chi connectivity index (χ1) is 8.27. The summed E-state index contributed by atoms with van der Waals surface area (Å²) >= 11 is 0. The molecule has 0 bridgehead atoms. The Balaban J connectivity index is 2.18. The number of anilines is 1. The van der Waals surface area contributed by atoms with Crippen molar-refractivity contribution < 1.29 is 9.53 Å². The lowest BCUT2D eigenvalue weighted by molar-refractivity contribution is 0.0982. The molecule has 2 aliphatic rings. The summed E-state index contributed by atoms with van der Waals surface area (Å²) in [6.07, 6.45) is 3.57. The number of fused-ring (bicyclic) bond motifs is 3. The van der Waals surface area contributed by atoms with E-state index in [4.69, 9.17) is 4.74 Å². The molecule has 1 aromatic rings. The Morgan fingerprint density at radius 3 is 3.00 bits per heavy atom. The van der Waals surface area contributed by atoms with Crippen LogP contribution in [0.15, 0.2) is 12.1 Å². The quantitative estimate of drug-likeness (QED) is 0.686. The van der Waals surface area contributed by atoms with Gasteiger partial charge in [0, 0.05) is 25.7 Å². The summed E-state index contributed by atoms with van der Waals surface area (Å²) in [5.41, 5.74) is 3.25. The molecule has 0 aliphatic carbocycles. The second-order valence-electron chi connectivity index (χ2n) is 4.84. The van der Waals surface area contributed by atoms with E-state index in [1.165, 1.54) is 11.3 Å². The van der Waals surface area contributed by atoms with Gasteiger partial charge < -0.3 is 9.64 Å². The molecule has 3 nitrogen and oxygen atoms in total. The van der Waals surface area contributed by atoms with E-state index in [0.717, 1.165) is 37.1 Å². The highest BCUT2D eigenvalue weighted by Gasteiger charge is 2.25. The Kier molecular flexibility index (Phi) is 2.54. The van der Waals surface area contributed by atoms with Gasteiger partial charge in [-0.2, -0.15) is 0 Å². The van der Waals surface area contributed by atoms with E-state index in [1.807, 2.05) is 6.07 Å². The Hall–Kier alpha value is -1.51. The van der Waals surface area contributed by atoms with Crippen molar-refractivity contribution in [2.24, 2.45) is 0 Å². The van der Waals surface area contributed by atoms with Crippen LogP contribution in [-0.2, 0) is 6.42 Å². The molecule has 0 aromatic heterocycles. The van der Waals surface area contributed by atoms with Crippen molar-refractivity contribution in [3.8, 4) is 5.75 Å². The lowest BCUT2D eigenvalue weighted by atomic mass is 9.92. The predicted molar refractivity (Wildman–Crippen MR) is 67.1 cm³/mol. The topological polar surface area (TPSA) is 29.5 Å². The maximum Gasteiger partial charge on any atom is 0.167 e. The Bertz CT molecular complexity index is 468. The molecule has 3 heteroatoms. The molecule has 0 saturated carbocycles.